The molecule has 1 fully saturated rings. The van der Waals surface area contributed by atoms with Gasteiger partial charge in [-0.2, -0.15) is 0 Å². The number of epoxide rings is 1. The summed E-state index contributed by atoms with van der Waals surface area (Å²) in [6.07, 6.45) is 29.6. The van der Waals surface area contributed by atoms with Gasteiger partial charge in [0.25, 0.3) is 0 Å². The standard InChI is InChI=1S/C37H69O9P/c1-4-5-6-7-16-21-26-34-35(46-34)27-22-17-14-19-23-28-36(38)43-30-33(31-44-47(40,41)42)45-37(39)29-24-18-13-11-9-8-10-12-15-20-25-32(2)3/h16,21,32-35H,4-15,17-20,22-31H2,1-3H3,(H2,40,41,42)/b21-16-/t33-,34?,35?/m1/s1. The lowest BCUT2D eigenvalue weighted by atomic mass is 10.0. The van der Waals surface area contributed by atoms with E-state index >= 15 is 0 Å². The third kappa shape index (κ3) is 29.4. The van der Waals surface area contributed by atoms with Crippen molar-refractivity contribution in [2.24, 2.45) is 5.92 Å². The molecule has 0 aromatic heterocycles. The first-order valence-electron chi connectivity index (χ1n) is 19.0. The van der Waals surface area contributed by atoms with Crippen LogP contribution in [0.4, 0.5) is 0 Å². The predicted octanol–water partition coefficient (Wildman–Crippen LogP) is 9.91. The SMILES string of the molecule is CCCCC/C=C\CC1OC1CCCCCCCC(=O)OC[C@H](COP(=O)(O)O)OC(=O)CCCCCCCCCCCCC(C)C. The zero-order valence-corrected chi connectivity index (χ0v) is 30.9. The number of esters is 2. The van der Waals surface area contributed by atoms with E-state index in [1.165, 1.54) is 64.2 Å². The van der Waals surface area contributed by atoms with Crippen molar-refractivity contribution in [1.82, 2.24) is 0 Å². The van der Waals surface area contributed by atoms with Gasteiger partial charge in [-0.15, -0.1) is 0 Å². The maximum absolute atomic E-state index is 12.4. The van der Waals surface area contributed by atoms with E-state index in [0.717, 1.165) is 70.1 Å². The predicted molar refractivity (Wildman–Crippen MR) is 188 cm³/mol. The van der Waals surface area contributed by atoms with E-state index in [-0.39, 0.29) is 19.4 Å². The van der Waals surface area contributed by atoms with E-state index in [1.807, 2.05) is 0 Å². The Bertz CT molecular complexity index is 857. The van der Waals surface area contributed by atoms with Crippen LogP contribution >= 0.6 is 7.82 Å². The third-order valence-electron chi connectivity index (χ3n) is 8.64. The van der Waals surface area contributed by atoms with Crippen LogP contribution in [0.5, 0.6) is 0 Å². The summed E-state index contributed by atoms with van der Waals surface area (Å²) in [5.41, 5.74) is 0. The van der Waals surface area contributed by atoms with E-state index in [9.17, 15) is 14.2 Å². The first-order valence-corrected chi connectivity index (χ1v) is 20.5. The zero-order chi connectivity index (χ0) is 34.6. The molecule has 276 valence electrons. The first kappa shape index (κ1) is 43.8. The third-order valence-corrected chi connectivity index (χ3v) is 9.12. The van der Waals surface area contributed by atoms with Crippen LogP contribution in [0.3, 0.4) is 0 Å². The Hall–Kier alpha value is -1.25. The summed E-state index contributed by atoms with van der Waals surface area (Å²) in [5, 5.41) is 0. The van der Waals surface area contributed by atoms with Gasteiger partial charge in [0.2, 0.25) is 0 Å². The molecule has 1 heterocycles. The monoisotopic (exact) mass is 688 g/mol. The maximum atomic E-state index is 12.4. The summed E-state index contributed by atoms with van der Waals surface area (Å²) < 4.78 is 32.1. The zero-order valence-electron chi connectivity index (χ0n) is 30.0. The lowest BCUT2D eigenvalue weighted by Crippen LogP contribution is -2.29. The second kappa shape index (κ2) is 28.6. The number of carbonyl (C=O) groups is 2. The van der Waals surface area contributed by atoms with Crippen molar-refractivity contribution in [2.75, 3.05) is 13.2 Å². The van der Waals surface area contributed by atoms with Gasteiger partial charge in [-0.25, -0.2) is 4.57 Å². The van der Waals surface area contributed by atoms with E-state index < -0.39 is 32.5 Å². The molecule has 1 saturated heterocycles. The number of phosphoric ester groups is 1. The van der Waals surface area contributed by atoms with Crippen LogP contribution < -0.4 is 0 Å². The van der Waals surface area contributed by atoms with Crippen molar-refractivity contribution in [2.45, 2.75) is 193 Å². The second-order valence-electron chi connectivity index (χ2n) is 13.8. The molecule has 0 aromatic carbocycles. The number of phosphoric acid groups is 1. The number of rotatable bonds is 33. The summed E-state index contributed by atoms with van der Waals surface area (Å²) in [5.74, 6) is -0.109. The molecule has 1 rings (SSSR count). The van der Waals surface area contributed by atoms with Gasteiger partial charge in [-0.1, -0.05) is 136 Å². The smallest absolute Gasteiger partial charge is 0.462 e. The molecule has 2 N–H and O–H groups in total. The highest BCUT2D eigenvalue weighted by molar-refractivity contribution is 7.46. The molecule has 1 aliphatic heterocycles. The molecule has 2 unspecified atom stereocenters. The second-order valence-corrected chi connectivity index (χ2v) is 15.0. The largest absolute Gasteiger partial charge is 0.469 e. The normalized spacial score (nSPS) is 17.0. The van der Waals surface area contributed by atoms with Crippen LogP contribution in [0.1, 0.15) is 175 Å². The van der Waals surface area contributed by atoms with Gasteiger partial charge in [0, 0.05) is 12.8 Å². The van der Waals surface area contributed by atoms with Crippen LogP contribution in [-0.2, 0) is 32.9 Å². The Morgan fingerprint density at radius 1 is 0.723 bits per heavy atom. The van der Waals surface area contributed by atoms with Crippen molar-refractivity contribution in [3.05, 3.63) is 12.2 Å². The number of allylic oxidation sites excluding steroid dienone is 1. The molecule has 9 nitrogen and oxygen atoms in total. The fourth-order valence-electron chi connectivity index (χ4n) is 5.68. The van der Waals surface area contributed by atoms with Crippen molar-refractivity contribution in [1.29, 1.82) is 0 Å². The Labute approximate surface area is 286 Å². The summed E-state index contributed by atoms with van der Waals surface area (Å²) in [7, 11) is -4.75. The fraction of sp³-hybridized carbons (Fsp3) is 0.892. The quantitative estimate of drug-likeness (QED) is 0.0227. The molecule has 0 aromatic rings. The Balaban J connectivity index is 2.09. The fourth-order valence-corrected chi connectivity index (χ4v) is 6.04. The minimum atomic E-state index is -4.75. The summed E-state index contributed by atoms with van der Waals surface area (Å²) in [4.78, 5) is 42.7. The first-order chi connectivity index (χ1) is 22.6. The van der Waals surface area contributed by atoms with E-state index in [2.05, 4.69) is 37.4 Å². The van der Waals surface area contributed by atoms with Crippen molar-refractivity contribution in [3.8, 4) is 0 Å². The summed E-state index contributed by atoms with van der Waals surface area (Å²) >= 11 is 0. The van der Waals surface area contributed by atoms with Crippen LogP contribution in [0.2, 0.25) is 0 Å². The van der Waals surface area contributed by atoms with Gasteiger partial charge >= 0.3 is 19.8 Å². The molecule has 0 saturated carbocycles. The molecule has 0 bridgehead atoms. The highest BCUT2D eigenvalue weighted by Crippen LogP contribution is 2.36. The topological polar surface area (TPSA) is 132 Å². The van der Waals surface area contributed by atoms with E-state index in [1.54, 1.807) is 0 Å². The number of unbranched alkanes of at least 4 members (excludes halogenated alkanes) is 16. The van der Waals surface area contributed by atoms with Gasteiger partial charge in [0.15, 0.2) is 6.10 Å². The molecule has 1 aliphatic rings. The Morgan fingerprint density at radius 2 is 1.30 bits per heavy atom. The summed E-state index contributed by atoms with van der Waals surface area (Å²) in [6, 6.07) is 0. The van der Waals surface area contributed by atoms with Crippen molar-refractivity contribution < 1.29 is 42.7 Å². The lowest BCUT2D eigenvalue weighted by Gasteiger charge is -2.18. The highest BCUT2D eigenvalue weighted by Gasteiger charge is 2.36. The van der Waals surface area contributed by atoms with E-state index in [0.29, 0.717) is 25.0 Å². The number of hydrogen-bond donors (Lipinski definition) is 2. The molecule has 0 amide bonds. The van der Waals surface area contributed by atoms with Gasteiger partial charge in [0.05, 0.1) is 18.8 Å². The maximum Gasteiger partial charge on any atom is 0.469 e. The van der Waals surface area contributed by atoms with Gasteiger partial charge < -0.3 is 24.0 Å². The summed E-state index contributed by atoms with van der Waals surface area (Å²) in [6.45, 7) is 5.94. The van der Waals surface area contributed by atoms with E-state index in [4.69, 9.17) is 24.0 Å². The molecule has 0 radical (unpaired) electrons. The average molecular weight is 689 g/mol. The average Bonchev–Trinajstić information content (AvgIpc) is 3.77. The van der Waals surface area contributed by atoms with Gasteiger partial charge in [-0.05, 0) is 44.4 Å². The minimum absolute atomic E-state index is 0.208. The molecule has 0 spiro atoms. The molecule has 3 atom stereocenters. The van der Waals surface area contributed by atoms with Gasteiger partial charge in [0.1, 0.15) is 6.61 Å². The Kier molecular flexibility index (Phi) is 26.6. The molecule has 47 heavy (non-hydrogen) atoms. The van der Waals surface area contributed by atoms with Crippen LogP contribution in [-0.4, -0.2) is 53.3 Å². The Morgan fingerprint density at radius 3 is 1.89 bits per heavy atom. The van der Waals surface area contributed by atoms with Crippen molar-refractivity contribution in [3.63, 3.8) is 0 Å². The van der Waals surface area contributed by atoms with Gasteiger partial charge in [-0.3, -0.25) is 14.1 Å². The van der Waals surface area contributed by atoms with Crippen LogP contribution in [0.25, 0.3) is 0 Å². The number of carbonyl (C=O) groups excluding carboxylic acids is 2. The van der Waals surface area contributed by atoms with Crippen molar-refractivity contribution >= 4 is 19.8 Å². The minimum Gasteiger partial charge on any atom is -0.462 e. The highest BCUT2D eigenvalue weighted by atomic mass is 31.2. The molecular formula is C37H69O9P. The van der Waals surface area contributed by atoms with Crippen LogP contribution in [0, 0.1) is 5.92 Å². The lowest BCUT2D eigenvalue weighted by molar-refractivity contribution is -0.161. The molecule has 0 aliphatic carbocycles. The van der Waals surface area contributed by atoms with Crippen LogP contribution in [0.15, 0.2) is 12.2 Å². The number of hydrogen-bond acceptors (Lipinski definition) is 7. The molecular weight excluding hydrogens is 619 g/mol. The molecule has 10 heteroatoms. The number of ether oxygens (including phenoxy) is 3.